The van der Waals surface area contributed by atoms with Crippen molar-refractivity contribution in [2.75, 3.05) is 17.6 Å². The number of nitrogens with one attached hydrogen (secondary N) is 1. The van der Waals surface area contributed by atoms with Crippen LogP contribution in [0, 0.1) is 11.3 Å². The highest BCUT2D eigenvalue weighted by atomic mass is 15.0. The Hall–Kier alpha value is -4.05. The average molecular weight is 367 g/mol. The van der Waals surface area contributed by atoms with Gasteiger partial charge in [-0.15, -0.1) is 0 Å². The number of hydrogen-bond acceptors (Lipinski definition) is 7. The number of nitrogens with two attached hydrogens (primary N) is 1. The molecule has 0 aliphatic heterocycles. The Morgan fingerprint density at radius 1 is 1.00 bits per heavy atom. The maximum absolute atomic E-state index is 9.26. The smallest absolute Gasteiger partial charge is 0.149 e. The van der Waals surface area contributed by atoms with Gasteiger partial charge in [0.1, 0.15) is 29.6 Å². The number of fused-ring (bicyclic) bond motifs is 1. The van der Waals surface area contributed by atoms with Crippen molar-refractivity contribution in [3.63, 3.8) is 0 Å². The summed E-state index contributed by atoms with van der Waals surface area (Å²) in [5.41, 5.74) is 10.8. The summed E-state index contributed by atoms with van der Waals surface area (Å²) in [6.45, 7) is 0.545. The number of aromatic nitrogens is 4. The Labute approximate surface area is 161 Å². The number of anilines is 2. The van der Waals surface area contributed by atoms with Gasteiger partial charge in [-0.1, -0.05) is 30.3 Å². The van der Waals surface area contributed by atoms with E-state index in [1.54, 1.807) is 6.20 Å². The van der Waals surface area contributed by atoms with Gasteiger partial charge in [0.05, 0.1) is 16.7 Å². The molecule has 0 aliphatic carbocycles. The lowest BCUT2D eigenvalue weighted by atomic mass is 10.0. The molecule has 3 N–H and O–H groups in total. The van der Waals surface area contributed by atoms with Gasteiger partial charge in [-0.05, 0) is 23.8 Å². The molecule has 0 fully saturated rings. The molecule has 3 aromatic heterocycles. The van der Waals surface area contributed by atoms with Crippen molar-refractivity contribution in [3.05, 3.63) is 72.3 Å². The zero-order valence-electron chi connectivity index (χ0n) is 15.0. The largest absolute Gasteiger partial charge is 0.382 e. The average Bonchev–Trinajstić information content (AvgIpc) is 2.74. The fraction of sp³-hybridized carbons (Fsp3) is 0.0952. The highest BCUT2D eigenvalue weighted by Crippen LogP contribution is 2.26. The highest BCUT2D eigenvalue weighted by molar-refractivity contribution is 5.81. The molecule has 7 nitrogen and oxygen atoms in total. The molecule has 0 bridgehead atoms. The van der Waals surface area contributed by atoms with Gasteiger partial charge < -0.3 is 11.1 Å². The second-order valence-electron chi connectivity index (χ2n) is 6.16. The van der Waals surface area contributed by atoms with Crippen molar-refractivity contribution in [1.82, 2.24) is 19.9 Å². The minimum Gasteiger partial charge on any atom is -0.382 e. The maximum Gasteiger partial charge on any atom is 0.149 e. The second-order valence-corrected chi connectivity index (χ2v) is 6.16. The molecule has 3 heterocycles. The van der Waals surface area contributed by atoms with E-state index in [1.165, 1.54) is 6.33 Å². The van der Waals surface area contributed by atoms with Crippen LogP contribution in [0.25, 0.3) is 22.2 Å². The third kappa shape index (κ3) is 3.44. The summed E-state index contributed by atoms with van der Waals surface area (Å²) in [4.78, 5) is 17.2. The number of rotatable bonds is 5. The lowest BCUT2D eigenvalue weighted by molar-refractivity contribution is 0.961. The monoisotopic (exact) mass is 367 g/mol. The number of pyridine rings is 2. The molecule has 0 amide bonds. The predicted molar refractivity (Wildman–Crippen MR) is 108 cm³/mol. The van der Waals surface area contributed by atoms with Gasteiger partial charge >= 0.3 is 0 Å². The van der Waals surface area contributed by atoms with Crippen molar-refractivity contribution < 1.29 is 0 Å². The van der Waals surface area contributed by atoms with Gasteiger partial charge in [0.25, 0.3) is 0 Å². The van der Waals surface area contributed by atoms with Crippen LogP contribution in [0.4, 0.5) is 11.6 Å². The molecule has 136 valence electrons. The van der Waals surface area contributed by atoms with Crippen LogP contribution in [0.2, 0.25) is 0 Å². The summed E-state index contributed by atoms with van der Waals surface area (Å²) in [5.74, 6) is 0.596. The van der Waals surface area contributed by atoms with Crippen LogP contribution < -0.4 is 11.1 Å². The molecule has 0 unspecified atom stereocenters. The zero-order chi connectivity index (χ0) is 19.3. The Kier molecular flexibility index (Phi) is 4.76. The van der Waals surface area contributed by atoms with E-state index in [-0.39, 0.29) is 11.4 Å². The first kappa shape index (κ1) is 17.4. The van der Waals surface area contributed by atoms with Gasteiger partial charge in [-0.2, -0.15) is 5.26 Å². The number of nitrogens with zero attached hydrogens (tertiary/aromatic N) is 5. The molecule has 0 saturated heterocycles. The summed E-state index contributed by atoms with van der Waals surface area (Å²) in [5, 5.41) is 12.4. The van der Waals surface area contributed by atoms with Crippen molar-refractivity contribution >= 4 is 22.7 Å². The fourth-order valence-corrected chi connectivity index (χ4v) is 3.04. The predicted octanol–water partition coefficient (Wildman–Crippen LogP) is 3.20. The highest BCUT2D eigenvalue weighted by Gasteiger charge is 2.12. The summed E-state index contributed by atoms with van der Waals surface area (Å²) in [7, 11) is 0. The summed E-state index contributed by atoms with van der Waals surface area (Å²) >= 11 is 0. The topological polar surface area (TPSA) is 113 Å². The van der Waals surface area contributed by atoms with Crippen molar-refractivity contribution in [2.45, 2.75) is 6.42 Å². The maximum atomic E-state index is 9.26. The Morgan fingerprint density at radius 3 is 2.68 bits per heavy atom. The van der Waals surface area contributed by atoms with Crippen molar-refractivity contribution in [1.29, 1.82) is 5.26 Å². The fourth-order valence-electron chi connectivity index (χ4n) is 3.04. The number of hydrogen-bond donors (Lipinski definition) is 2. The summed E-state index contributed by atoms with van der Waals surface area (Å²) in [6, 6.07) is 18.0. The zero-order valence-corrected chi connectivity index (χ0v) is 15.0. The molecule has 0 saturated carbocycles. The van der Waals surface area contributed by atoms with Crippen molar-refractivity contribution in [3.8, 4) is 17.2 Å². The van der Waals surface area contributed by atoms with Gasteiger partial charge in [-0.3, -0.25) is 9.97 Å². The van der Waals surface area contributed by atoms with Crippen LogP contribution in [-0.4, -0.2) is 26.5 Å². The van der Waals surface area contributed by atoms with E-state index in [4.69, 9.17) is 10.7 Å². The van der Waals surface area contributed by atoms with Crippen LogP contribution in [0.5, 0.6) is 0 Å². The van der Waals surface area contributed by atoms with Crippen LogP contribution >= 0.6 is 0 Å². The van der Waals surface area contributed by atoms with E-state index in [9.17, 15) is 5.26 Å². The van der Waals surface area contributed by atoms with Crippen LogP contribution in [-0.2, 0) is 6.42 Å². The summed E-state index contributed by atoms with van der Waals surface area (Å²) < 4.78 is 0. The first-order valence-electron chi connectivity index (χ1n) is 8.81. The standard InChI is InChI=1S/C21H17N7/c22-12-16-20(23)26-13-27-21(16)25-10-8-17-15(14-5-2-1-3-6-14)11-19-18(28-17)7-4-9-24-19/h1-7,9,11,13H,8,10H2,(H3,23,25,26,27). The van der Waals surface area contributed by atoms with Crippen molar-refractivity contribution in [2.24, 2.45) is 0 Å². The van der Waals surface area contributed by atoms with E-state index in [2.05, 4.69) is 38.5 Å². The second kappa shape index (κ2) is 7.68. The number of nitrogen functional groups attached to an aromatic ring is 1. The van der Waals surface area contributed by atoms with Gasteiger partial charge in [0.2, 0.25) is 0 Å². The van der Waals surface area contributed by atoms with Gasteiger partial charge in [0.15, 0.2) is 0 Å². The molecular weight excluding hydrogens is 350 g/mol. The molecule has 7 heteroatoms. The molecular formula is C21H17N7. The first-order chi connectivity index (χ1) is 13.8. The van der Waals surface area contributed by atoms with E-state index >= 15 is 0 Å². The van der Waals surface area contributed by atoms with E-state index in [0.717, 1.165) is 27.9 Å². The summed E-state index contributed by atoms with van der Waals surface area (Å²) in [6.07, 6.45) is 3.75. The molecule has 4 aromatic rings. The molecule has 1 aromatic carbocycles. The Balaban J connectivity index is 1.65. The quantitative estimate of drug-likeness (QED) is 0.557. The molecule has 28 heavy (non-hydrogen) atoms. The molecule has 0 aliphatic rings. The SMILES string of the molecule is N#Cc1c(N)ncnc1NCCc1nc2cccnc2cc1-c1ccccc1. The van der Waals surface area contributed by atoms with E-state index < -0.39 is 0 Å². The lowest BCUT2D eigenvalue weighted by Gasteiger charge is -2.12. The number of nitriles is 1. The Bertz CT molecular complexity index is 1170. The van der Waals surface area contributed by atoms with Gasteiger partial charge in [0, 0.05) is 24.7 Å². The minimum atomic E-state index is 0.167. The minimum absolute atomic E-state index is 0.167. The van der Waals surface area contributed by atoms with E-state index in [1.807, 2.05) is 36.4 Å². The third-order valence-electron chi connectivity index (χ3n) is 4.39. The molecule has 0 atom stereocenters. The van der Waals surface area contributed by atoms with Crippen LogP contribution in [0.1, 0.15) is 11.3 Å². The van der Waals surface area contributed by atoms with Gasteiger partial charge in [-0.25, -0.2) is 9.97 Å². The third-order valence-corrected chi connectivity index (χ3v) is 4.39. The van der Waals surface area contributed by atoms with Crippen LogP contribution in [0.3, 0.4) is 0 Å². The number of benzene rings is 1. The first-order valence-corrected chi connectivity index (χ1v) is 8.81. The van der Waals surface area contributed by atoms with Crippen LogP contribution in [0.15, 0.2) is 61.1 Å². The van der Waals surface area contributed by atoms with E-state index in [0.29, 0.717) is 18.8 Å². The molecule has 4 rings (SSSR count). The molecule has 0 radical (unpaired) electrons. The normalized spacial score (nSPS) is 10.5. The molecule has 0 spiro atoms. The lowest BCUT2D eigenvalue weighted by Crippen LogP contribution is -2.11. The Morgan fingerprint density at radius 2 is 1.86 bits per heavy atom.